The maximum Gasteiger partial charge on any atom is 0.185 e. The average Bonchev–Trinajstić information content (AvgIpc) is 3.02. The van der Waals surface area contributed by atoms with E-state index in [2.05, 4.69) is 0 Å². The molecule has 1 aromatic heterocycles. The van der Waals surface area contributed by atoms with Crippen LogP contribution in [0.4, 0.5) is 4.39 Å². The molecule has 0 spiro atoms. The Balaban J connectivity index is 1.76. The van der Waals surface area contributed by atoms with Crippen molar-refractivity contribution in [3.8, 4) is 11.3 Å². The minimum atomic E-state index is -0.372. The molecular weight excluding hydrogens is 315 g/mol. The number of ketones is 1. The fourth-order valence-corrected chi connectivity index (χ4v) is 2.30. The second kappa shape index (κ2) is 6.63. The van der Waals surface area contributed by atoms with Crippen molar-refractivity contribution >= 4 is 23.5 Å². The number of hydrogen-bond acceptors (Lipinski definition) is 2. The second-order valence-electron chi connectivity index (χ2n) is 4.92. The predicted octanol–water partition coefficient (Wildman–Crippen LogP) is 5.64. The van der Waals surface area contributed by atoms with Crippen molar-refractivity contribution < 1.29 is 13.6 Å². The molecule has 0 aliphatic heterocycles. The van der Waals surface area contributed by atoms with Crippen molar-refractivity contribution in [2.45, 2.75) is 0 Å². The molecule has 0 aliphatic rings. The van der Waals surface area contributed by atoms with Gasteiger partial charge in [-0.1, -0.05) is 23.7 Å². The van der Waals surface area contributed by atoms with Crippen molar-refractivity contribution in [3.63, 3.8) is 0 Å². The lowest BCUT2D eigenvalue weighted by molar-refractivity contribution is 0.104. The van der Waals surface area contributed by atoms with Crippen LogP contribution in [0.25, 0.3) is 17.4 Å². The molecule has 0 radical (unpaired) electrons. The first-order valence-electron chi connectivity index (χ1n) is 6.95. The SMILES string of the molecule is O=C(/C=C/c1ccc(-c2cccc(Cl)c2)o1)c1ccc(F)cc1. The highest BCUT2D eigenvalue weighted by Gasteiger charge is 2.05. The molecule has 0 amide bonds. The predicted molar refractivity (Wildman–Crippen MR) is 88.9 cm³/mol. The third-order valence-corrected chi connectivity index (χ3v) is 3.50. The molecule has 114 valence electrons. The lowest BCUT2D eigenvalue weighted by Crippen LogP contribution is -1.93. The molecule has 2 aromatic carbocycles. The zero-order valence-corrected chi connectivity index (χ0v) is 12.8. The third-order valence-electron chi connectivity index (χ3n) is 3.26. The number of benzene rings is 2. The first kappa shape index (κ1) is 15.3. The van der Waals surface area contributed by atoms with Crippen molar-refractivity contribution in [2.75, 3.05) is 0 Å². The van der Waals surface area contributed by atoms with E-state index in [-0.39, 0.29) is 11.6 Å². The molecule has 0 unspecified atom stereocenters. The maximum absolute atomic E-state index is 12.8. The summed E-state index contributed by atoms with van der Waals surface area (Å²) in [5, 5.41) is 0.627. The minimum Gasteiger partial charge on any atom is -0.457 e. The Labute approximate surface area is 137 Å². The van der Waals surface area contributed by atoms with E-state index in [4.69, 9.17) is 16.0 Å². The summed E-state index contributed by atoms with van der Waals surface area (Å²) >= 11 is 5.96. The highest BCUT2D eigenvalue weighted by Crippen LogP contribution is 2.25. The van der Waals surface area contributed by atoms with Crippen molar-refractivity contribution in [1.29, 1.82) is 0 Å². The fourth-order valence-electron chi connectivity index (χ4n) is 2.11. The zero-order chi connectivity index (χ0) is 16.2. The number of carbonyl (C=O) groups excluding carboxylic acids is 1. The molecule has 1 heterocycles. The van der Waals surface area contributed by atoms with Gasteiger partial charge in [0.15, 0.2) is 5.78 Å². The van der Waals surface area contributed by atoms with Gasteiger partial charge in [-0.05, 0) is 60.7 Å². The zero-order valence-electron chi connectivity index (χ0n) is 12.0. The Morgan fingerprint density at radius 1 is 1.04 bits per heavy atom. The van der Waals surface area contributed by atoms with Gasteiger partial charge in [-0.3, -0.25) is 4.79 Å². The van der Waals surface area contributed by atoms with E-state index in [1.807, 2.05) is 18.2 Å². The molecule has 3 rings (SSSR count). The van der Waals surface area contributed by atoms with Crippen LogP contribution in [0.3, 0.4) is 0 Å². The van der Waals surface area contributed by atoms with Crippen LogP contribution in [-0.4, -0.2) is 5.78 Å². The van der Waals surface area contributed by atoms with Gasteiger partial charge in [-0.25, -0.2) is 4.39 Å². The van der Waals surface area contributed by atoms with E-state index < -0.39 is 0 Å². The molecule has 0 N–H and O–H groups in total. The molecule has 4 heteroatoms. The molecule has 0 aliphatic carbocycles. The standard InChI is InChI=1S/C19H12ClFO2/c20-15-3-1-2-14(12-15)19-11-9-17(23-19)8-10-18(22)13-4-6-16(21)7-5-13/h1-12H/b10-8+. The maximum atomic E-state index is 12.8. The molecule has 0 saturated carbocycles. The fraction of sp³-hybridized carbons (Fsp3) is 0. The smallest absolute Gasteiger partial charge is 0.185 e. The Bertz CT molecular complexity index is 863. The Kier molecular flexibility index (Phi) is 4.40. The van der Waals surface area contributed by atoms with Crippen LogP contribution in [0.1, 0.15) is 16.1 Å². The molecule has 0 bridgehead atoms. The number of rotatable bonds is 4. The summed E-state index contributed by atoms with van der Waals surface area (Å²) in [5.74, 6) is 0.630. The molecule has 2 nitrogen and oxygen atoms in total. The van der Waals surface area contributed by atoms with E-state index in [1.54, 1.807) is 24.3 Å². The average molecular weight is 327 g/mol. The summed E-state index contributed by atoms with van der Waals surface area (Å²) in [5.41, 5.74) is 1.28. The van der Waals surface area contributed by atoms with Gasteiger partial charge in [0.05, 0.1) is 0 Å². The lowest BCUT2D eigenvalue weighted by atomic mass is 10.1. The second-order valence-corrected chi connectivity index (χ2v) is 5.35. The van der Waals surface area contributed by atoms with Crippen LogP contribution in [0, 0.1) is 5.82 Å². The molecule has 0 saturated heterocycles. The summed E-state index contributed by atoms with van der Waals surface area (Å²) < 4.78 is 18.5. The van der Waals surface area contributed by atoms with E-state index >= 15 is 0 Å². The van der Waals surface area contributed by atoms with Crippen LogP contribution < -0.4 is 0 Å². The van der Waals surface area contributed by atoms with Crippen molar-refractivity contribution in [2.24, 2.45) is 0 Å². The van der Waals surface area contributed by atoms with Gasteiger partial charge in [0.2, 0.25) is 0 Å². The minimum absolute atomic E-state index is 0.217. The van der Waals surface area contributed by atoms with Crippen molar-refractivity contribution in [1.82, 2.24) is 0 Å². The summed E-state index contributed by atoms with van der Waals surface area (Å²) in [4.78, 5) is 12.0. The molecule has 3 aromatic rings. The van der Waals surface area contributed by atoms with Crippen LogP contribution in [0.15, 0.2) is 71.2 Å². The Morgan fingerprint density at radius 3 is 2.57 bits per heavy atom. The number of furan rings is 1. The summed E-state index contributed by atoms with van der Waals surface area (Å²) in [6.45, 7) is 0. The van der Waals surface area contributed by atoms with E-state index in [0.717, 1.165) is 5.56 Å². The quantitative estimate of drug-likeness (QED) is 0.459. The molecule has 0 fully saturated rings. The number of hydrogen-bond donors (Lipinski definition) is 0. The van der Waals surface area contributed by atoms with Gasteiger partial charge >= 0.3 is 0 Å². The summed E-state index contributed by atoms with van der Waals surface area (Å²) in [6.07, 6.45) is 2.98. The van der Waals surface area contributed by atoms with Gasteiger partial charge in [0.25, 0.3) is 0 Å². The topological polar surface area (TPSA) is 30.2 Å². The lowest BCUT2D eigenvalue weighted by Gasteiger charge is -1.97. The number of halogens is 2. The van der Waals surface area contributed by atoms with E-state index in [0.29, 0.717) is 22.1 Å². The van der Waals surface area contributed by atoms with E-state index in [1.165, 1.54) is 30.3 Å². The first-order chi connectivity index (χ1) is 11.1. The Morgan fingerprint density at radius 2 is 1.83 bits per heavy atom. The monoisotopic (exact) mass is 326 g/mol. The Hall–Kier alpha value is -2.65. The van der Waals surface area contributed by atoms with E-state index in [9.17, 15) is 9.18 Å². The van der Waals surface area contributed by atoms with Gasteiger partial charge < -0.3 is 4.42 Å². The molecular formula is C19H12ClFO2. The van der Waals surface area contributed by atoms with Gasteiger partial charge in [-0.15, -0.1) is 0 Å². The number of carbonyl (C=O) groups is 1. The molecule has 23 heavy (non-hydrogen) atoms. The normalized spacial score (nSPS) is 11.0. The number of allylic oxidation sites excluding steroid dienone is 1. The summed E-state index contributed by atoms with van der Waals surface area (Å²) in [7, 11) is 0. The third kappa shape index (κ3) is 3.76. The highest BCUT2D eigenvalue weighted by atomic mass is 35.5. The van der Waals surface area contributed by atoms with Crippen LogP contribution >= 0.6 is 11.6 Å². The largest absolute Gasteiger partial charge is 0.457 e. The first-order valence-corrected chi connectivity index (χ1v) is 7.33. The van der Waals surface area contributed by atoms with Crippen LogP contribution in [0.5, 0.6) is 0 Å². The molecule has 0 atom stereocenters. The van der Waals surface area contributed by atoms with Crippen LogP contribution in [-0.2, 0) is 0 Å². The van der Waals surface area contributed by atoms with Gasteiger partial charge in [0, 0.05) is 16.1 Å². The van der Waals surface area contributed by atoms with Gasteiger partial charge in [0.1, 0.15) is 17.3 Å². The van der Waals surface area contributed by atoms with Gasteiger partial charge in [-0.2, -0.15) is 0 Å². The summed E-state index contributed by atoms with van der Waals surface area (Å²) in [6, 6.07) is 16.3. The van der Waals surface area contributed by atoms with Crippen LogP contribution in [0.2, 0.25) is 5.02 Å². The highest BCUT2D eigenvalue weighted by molar-refractivity contribution is 6.30. The van der Waals surface area contributed by atoms with Crippen molar-refractivity contribution in [3.05, 3.63) is 88.9 Å².